The fourth-order valence-electron chi connectivity index (χ4n) is 2.98. The van der Waals surface area contributed by atoms with Gasteiger partial charge < -0.3 is 5.32 Å². The van der Waals surface area contributed by atoms with Crippen molar-refractivity contribution in [3.05, 3.63) is 0 Å². The van der Waals surface area contributed by atoms with E-state index in [0.717, 1.165) is 5.92 Å². The average Bonchev–Trinajstić information content (AvgIpc) is 2.63. The Morgan fingerprint density at radius 2 is 1.71 bits per heavy atom. The lowest BCUT2D eigenvalue weighted by Crippen LogP contribution is -2.43. The molecule has 0 aromatic rings. The van der Waals surface area contributed by atoms with Gasteiger partial charge in [0.25, 0.3) is 0 Å². The number of rotatable bonds is 6. The van der Waals surface area contributed by atoms with Gasteiger partial charge in [0.15, 0.2) is 0 Å². The Balaban J connectivity index is 2.39. The van der Waals surface area contributed by atoms with Crippen LogP contribution in [0.1, 0.15) is 79.6 Å². The summed E-state index contributed by atoms with van der Waals surface area (Å²) >= 11 is 0. The van der Waals surface area contributed by atoms with Crippen LogP contribution >= 0.6 is 0 Å². The molecular formula is C16H33N. The molecule has 1 nitrogen and oxygen atoms in total. The molecule has 17 heavy (non-hydrogen) atoms. The predicted octanol–water partition coefficient (Wildman–Crippen LogP) is 4.76. The first-order valence-electron chi connectivity index (χ1n) is 7.58. The highest BCUT2D eigenvalue weighted by Gasteiger charge is 2.33. The molecule has 0 heterocycles. The van der Waals surface area contributed by atoms with E-state index in [0.29, 0.717) is 5.41 Å². The number of hydrogen-bond acceptors (Lipinski definition) is 1. The van der Waals surface area contributed by atoms with Crippen LogP contribution in [0.25, 0.3) is 0 Å². The molecule has 1 fully saturated rings. The smallest absolute Gasteiger partial charge is 0.00967 e. The summed E-state index contributed by atoms with van der Waals surface area (Å²) in [6.45, 7) is 12.8. The van der Waals surface area contributed by atoms with Crippen LogP contribution in [0.3, 0.4) is 0 Å². The summed E-state index contributed by atoms with van der Waals surface area (Å²) in [5.74, 6) is 0.865. The standard InChI is InChI=1S/C16H33N/c1-14(2)9-8-12-16(10-6-7-11-16)13-17-15(3,4)5/h14,17H,6-13H2,1-5H3. The van der Waals surface area contributed by atoms with E-state index in [1.54, 1.807) is 0 Å². The van der Waals surface area contributed by atoms with E-state index in [9.17, 15) is 0 Å². The van der Waals surface area contributed by atoms with Gasteiger partial charge in [-0.15, -0.1) is 0 Å². The van der Waals surface area contributed by atoms with Crippen molar-refractivity contribution in [3.8, 4) is 0 Å². The van der Waals surface area contributed by atoms with Crippen molar-refractivity contribution in [1.82, 2.24) is 5.32 Å². The highest BCUT2D eigenvalue weighted by atomic mass is 15.0. The van der Waals surface area contributed by atoms with E-state index < -0.39 is 0 Å². The van der Waals surface area contributed by atoms with Crippen LogP contribution in [0.4, 0.5) is 0 Å². The van der Waals surface area contributed by atoms with Crippen LogP contribution < -0.4 is 5.32 Å². The fraction of sp³-hybridized carbons (Fsp3) is 1.00. The lowest BCUT2D eigenvalue weighted by Gasteiger charge is -2.34. The second-order valence-electron chi connectivity index (χ2n) is 7.60. The number of nitrogens with one attached hydrogen (secondary N) is 1. The van der Waals surface area contributed by atoms with Crippen molar-refractivity contribution in [2.75, 3.05) is 6.54 Å². The molecule has 1 aliphatic carbocycles. The zero-order valence-corrected chi connectivity index (χ0v) is 12.7. The van der Waals surface area contributed by atoms with E-state index in [-0.39, 0.29) is 5.54 Å². The van der Waals surface area contributed by atoms with Gasteiger partial charge in [0.05, 0.1) is 0 Å². The minimum atomic E-state index is 0.271. The molecule has 1 saturated carbocycles. The third-order valence-corrected chi connectivity index (χ3v) is 4.15. The van der Waals surface area contributed by atoms with Gasteiger partial charge in [-0.2, -0.15) is 0 Å². The monoisotopic (exact) mass is 239 g/mol. The van der Waals surface area contributed by atoms with E-state index >= 15 is 0 Å². The summed E-state index contributed by atoms with van der Waals surface area (Å²) in [6.07, 6.45) is 10.1. The molecule has 0 amide bonds. The summed E-state index contributed by atoms with van der Waals surface area (Å²) in [5.41, 5.74) is 0.899. The lowest BCUT2D eigenvalue weighted by atomic mass is 9.79. The molecule has 0 spiro atoms. The van der Waals surface area contributed by atoms with E-state index in [1.807, 2.05) is 0 Å². The van der Waals surface area contributed by atoms with Gasteiger partial charge in [-0.1, -0.05) is 39.5 Å². The van der Waals surface area contributed by atoms with Crippen LogP contribution in [0.15, 0.2) is 0 Å². The Kier molecular flexibility index (Phi) is 5.50. The van der Waals surface area contributed by atoms with Crippen LogP contribution in [-0.2, 0) is 0 Å². The largest absolute Gasteiger partial charge is 0.312 e. The third-order valence-electron chi connectivity index (χ3n) is 4.15. The van der Waals surface area contributed by atoms with Crippen molar-refractivity contribution in [1.29, 1.82) is 0 Å². The molecule has 0 aromatic carbocycles. The summed E-state index contributed by atoms with van der Waals surface area (Å²) in [6, 6.07) is 0. The topological polar surface area (TPSA) is 12.0 Å². The van der Waals surface area contributed by atoms with E-state index in [4.69, 9.17) is 0 Å². The average molecular weight is 239 g/mol. The molecule has 0 unspecified atom stereocenters. The molecule has 0 saturated heterocycles. The SMILES string of the molecule is CC(C)CCCC1(CNC(C)(C)C)CCCC1. The zero-order chi connectivity index (χ0) is 12.9. The lowest BCUT2D eigenvalue weighted by molar-refractivity contribution is 0.219. The first-order chi connectivity index (χ1) is 7.83. The molecule has 0 aromatic heterocycles. The van der Waals surface area contributed by atoms with Gasteiger partial charge in [-0.05, 0) is 51.4 Å². The van der Waals surface area contributed by atoms with E-state index in [2.05, 4.69) is 39.9 Å². The normalized spacial score (nSPS) is 20.1. The molecule has 1 heteroatoms. The predicted molar refractivity (Wildman–Crippen MR) is 77.3 cm³/mol. The molecular weight excluding hydrogens is 206 g/mol. The Labute approximate surface area is 109 Å². The first kappa shape index (κ1) is 15.0. The van der Waals surface area contributed by atoms with Gasteiger partial charge in [0.1, 0.15) is 0 Å². The highest BCUT2D eigenvalue weighted by Crippen LogP contribution is 2.42. The number of hydrogen-bond donors (Lipinski definition) is 1. The maximum atomic E-state index is 3.74. The zero-order valence-electron chi connectivity index (χ0n) is 12.7. The molecule has 0 atom stereocenters. The van der Waals surface area contributed by atoms with Gasteiger partial charge in [-0.25, -0.2) is 0 Å². The minimum Gasteiger partial charge on any atom is -0.312 e. The molecule has 0 aliphatic heterocycles. The Bertz CT molecular complexity index is 206. The second kappa shape index (κ2) is 6.22. The minimum absolute atomic E-state index is 0.271. The summed E-state index contributed by atoms with van der Waals surface area (Å²) in [4.78, 5) is 0. The summed E-state index contributed by atoms with van der Waals surface area (Å²) in [5, 5.41) is 3.74. The van der Waals surface area contributed by atoms with Crippen LogP contribution in [0.2, 0.25) is 0 Å². The van der Waals surface area contributed by atoms with Gasteiger partial charge in [0, 0.05) is 12.1 Å². The van der Waals surface area contributed by atoms with Crippen LogP contribution in [0.5, 0.6) is 0 Å². The quantitative estimate of drug-likeness (QED) is 0.704. The summed E-state index contributed by atoms with van der Waals surface area (Å²) in [7, 11) is 0. The van der Waals surface area contributed by atoms with Crippen molar-refractivity contribution in [2.45, 2.75) is 85.1 Å². The molecule has 0 bridgehead atoms. The molecule has 102 valence electrons. The highest BCUT2D eigenvalue weighted by molar-refractivity contribution is 4.88. The molecule has 1 rings (SSSR count). The van der Waals surface area contributed by atoms with Crippen LogP contribution in [0, 0.1) is 11.3 Å². The van der Waals surface area contributed by atoms with Crippen molar-refractivity contribution in [2.24, 2.45) is 11.3 Å². The second-order valence-corrected chi connectivity index (χ2v) is 7.60. The molecule has 0 radical (unpaired) electrons. The molecule has 1 N–H and O–H groups in total. The van der Waals surface area contributed by atoms with Gasteiger partial charge in [0.2, 0.25) is 0 Å². The van der Waals surface area contributed by atoms with Crippen molar-refractivity contribution in [3.63, 3.8) is 0 Å². The maximum Gasteiger partial charge on any atom is 0.00967 e. The maximum absolute atomic E-state index is 3.74. The fourth-order valence-corrected chi connectivity index (χ4v) is 2.98. The van der Waals surface area contributed by atoms with E-state index in [1.165, 1.54) is 51.5 Å². The Morgan fingerprint density at radius 1 is 1.12 bits per heavy atom. The first-order valence-corrected chi connectivity index (χ1v) is 7.58. The Hall–Kier alpha value is -0.0400. The Morgan fingerprint density at radius 3 is 2.18 bits per heavy atom. The summed E-state index contributed by atoms with van der Waals surface area (Å²) < 4.78 is 0. The third kappa shape index (κ3) is 5.90. The molecule has 1 aliphatic rings. The van der Waals surface area contributed by atoms with Gasteiger partial charge in [-0.3, -0.25) is 0 Å². The van der Waals surface area contributed by atoms with Crippen molar-refractivity contribution < 1.29 is 0 Å². The van der Waals surface area contributed by atoms with Crippen molar-refractivity contribution >= 4 is 0 Å². The van der Waals surface area contributed by atoms with Gasteiger partial charge >= 0.3 is 0 Å². The van der Waals surface area contributed by atoms with Crippen LogP contribution in [-0.4, -0.2) is 12.1 Å².